The predicted molar refractivity (Wildman–Crippen MR) is 59.5 cm³/mol. The van der Waals surface area contributed by atoms with E-state index in [9.17, 15) is 0 Å². The lowest BCUT2D eigenvalue weighted by Gasteiger charge is -2.07. The molecule has 0 aliphatic rings. The number of imidazole rings is 1. The summed E-state index contributed by atoms with van der Waals surface area (Å²) in [5.41, 5.74) is 7.76. The smallest absolute Gasteiger partial charge is 0.111 e. The van der Waals surface area contributed by atoms with Gasteiger partial charge in [0.2, 0.25) is 0 Å². The van der Waals surface area contributed by atoms with Gasteiger partial charge in [0.05, 0.1) is 17.6 Å². The average Bonchev–Trinajstić information content (AvgIpc) is 2.57. The fraction of sp³-hybridized carbons (Fsp3) is 0.364. The van der Waals surface area contributed by atoms with Gasteiger partial charge in [0.15, 0.2) is 0 Å². The van der Waals surface area contributed by atoms with Gasteiger partial charge in [-0.05, 0) is 12.1 Å². The molecule has 0 spiro atoms. The maximum atomic E-state index is 8.90. The Bertz CT molecular complexity index is 464. The zero-order chi connectivity index (χ0) is 10.8. The molecule has 2 aromatic rings. The topological polar surface area (TPSA) is 64.1 Å². The Balaban J connectivity index is 2.40. The molecule has 80 valence electrons. The number of nitrogens with zero attached hydrogens (tertiary/aromatic N) is 2. The van der Waals surface area contributed by atoms with E-state index in [1.165, 1.54) is 0 Å². The minimum absolute atomic E-state index is 0.0107. The lowest BCUT2D eigenvalue weighted by atomic mass is 10.2. The molecule has 1 aromatic carbocycles. The van der Waals surface area contributed by atoms with Crippen LogP contribution in [0.1, 0.15) is 5.82 Å². The van der Waals surface area contributed by atoms with Crippen LogP contribution in [0.25, 0.3) is 11.0 Å². The number of aromatic nitrogens is 2. The third kappa shape index (κ3) is 1.86. The molecule has 4 nitrogen and oxygen atoms in total. The highest BCUT2D eigenvalue weighted by Crippen LogP contribution is 2.14. The second-order valence-electron chi connectivity index (χ2n) is 3.72. The first kappa shape index (κ1) is 10.1. The third-order valence-corrected chi connectivity index (χ3v) is 2.56. The summed E-state index contributed by atoms with van der Waals surface area (Å²) in [7, 11) is 1.97. The number of fused-ring (bicyclic) bond motifs is 1. The van der Waals surface area contributed by atoms with E-state index >= 15 is 0 Å². The molecular weight excluding hydrogens is 190 g/mol. The van der Waals surface area contributed by atoms with E-state index in [4.69, 9.17) is 10.8 Å². The minimum Gasteiger partial charge on any atom is -0.395 e. The molecule has 0 amide bonds. The first-order valence-electron chi connectivity index (χ1n) is 4.99. The van der Waals surface area contributed by atoms with Crippen molar-refractivity contribution in [2.45, 2.75) is 12.5 Å². The average molecular weight is 205 g/mol. The molecule has 3 N–H and O–H groups in total. The Kier molecular flexibility index (Phi) is 2.70. The van der Waals surface area contributed by atoms with Crippen molar-refractivity contribution in [3.05, 3.63) is 30.1 Å². The van der Waals surface area contributed by atoms with Gasteiger partial charge in [0, 0.05) is 19.5 Å². The van der Waals surface area contributed by atoms with Gasteiger partial charge < -0.3 is 15.4 Å². The molecule has 2 rings (SSSR count). The van der Waals surface area contributed by atoms with Crippen molar-refractivity contribution in [2.24, 2.45) is 12.8 Å². The van der Waals surface area contributed by atoms with E-state index in [0.29, 0.717) is 6.42 Å². The van der Waals surface area contributed by atoms with Gasteiger partial charge >= 0.3 is 0 Å². The highest BCUT2D eigenvalue weighted by Gasteiger charge is 2.10. The summed E-state index contributed by atoms with van der Waals surface area (Å²) >= 11 is 0. The van der Waals surface area contributed by atoms with E-state index in [1.54, 1.807) is 0 Å². The van der Waals surface area contributed by atoms with Crippen LogP contribution in [0, 0.1) is 0 Å². The monoisotopic (exact) mass is 205 g/mol. The summed E-state index contributed by atoms with van der Waals surface area (Å²) in [5, 5.41) is 8.90. The van der Waals surface area contributed by atoms with Gasteiger partial charge in [-0.2, -0.15) is 0 Å². The lowest BCUT2D eigenvalue weighted by Crippen LogP contribution is -2.28. The van der Waals surface area contributed by atoms with Crippen molar-refractivity contribution < 1.29 is 5.11 Å². The molecule has 0 saturated carbocycles. The van der Waals surface area contributed by atoms with Crippen LogP contribution in [-0.2, 0) is 13.5 Å². The Hall–Kier alpha value is -1.39. The van der Waals surface area contributed by atoms with Gasteiger partial charge in [-0.1, -0.05) is 12.1 Å². The Morgan fingerprint density at radius 3 is 2.87 bits per heavy atom. The van der Waals surface area contributed by atoms with E-state index in [2.05, 4.69) is 4.98 Å². The standard InChI is InChI=1S/C11H15N3O/c1-14-10-5-3-2-4-9(10)13-11(14)6-8(12)7-15/h2-5,8,15H,6-7,12H2,1H3. The van der Waals surface area contributed by atoms with Crippen LogP contribution < -0.4 is 5.73 Å². The van der Waals surface area contributed by atoms with E-state index in [1.807, 2.05) is 35.9 Å². The van der Waals surface area contributed by atoms with Gasteiger partial charge in [0.25, 0.3) is 0 Å². The third-order valence-electron chi connectivity index (χ3n) is 2.56. The molecule has 0 saturated heterocycles. The molecule has 0 aliphatic carbocycles. The lowest BCUT2D eigenvalue weighted by molar-refractivity contribution is 0.263. The Labute approximate surface area is 88.3 Å². The highest BCUT2D eigenvalue weighted by molar-refractivity contribution is 5.75. The summed E-state index contributed by atoms with van der Waals surface area (Å²) in [5.74, 6) is 0.915. The van der Waals surface area contributed by atoms with Crippen molar-refractivity contribution in [3.63, 3.8) is 0 Å². The van der Waals surface area contributed by atoms with Crippen molar-refractivity contribution in [1.29, 1.82) is 0 Å². The Morgan fingerprint density at radius 1 is 1.47 bits per heavy atom. The number of hydrogen-bond acceptors (Lipinski definition) is 3. The number of aryl methyl sites for hydroxylation is 1. The fourth-order valence-electron chi connectivity index (χ4n) is 1.68. The van der Waals surface area contributed by atoms with Gasteiger partial charge in [-0.15, -0.1) is 0 Å². The molecular formula is C11H15N3O. The van der Waals surface area contributed by atoms with E-state index < -0.39 is 0 Å². The second-order valence-corrected chi connectivity index (χ2v) is 3.72. The number of para-hydroxylation sites is 2. The molecule has 0 bridgehead atoms. The molecule has 1 heterocycles. The highest BCUT2D eigenvalue weighted by atomic mass is 16.3. The molecule has 1 unspecified atom stereocenters. The van der Waals surface area contributed by atoms with Crippen LogP contribution in [-0.4, -0.2) is 27.3 Å². The van der Waals surface area contributed by atoms with Crippen LogP contribution in [0.15, 0.2) is 24.3 Å². The first-order valence-corrected chi connectivity index (χ1v) is 4.99. The fourth-order valence-corrected chi connectivity index (χ4v) is 1.68. The maximum absolute atomic E-state index is 8.90. The van der Waals surface area contributed by atoms with Crippen LogP contribution in [0.2, 0.25) is 0 Å². The van der Waals surface area contributed by atoms with Crippen LogP contribution in [0.5, 0.6) is 0 Å². The molecule has 1 aromatic heterocycles. The largest absolute Gasteiger partial charge is 0.395 e. The molecule has 0 aliphatic heterocycles. The van der Waals surface area contributed by atoms with Crippen molar-refractivity contribution in [1.82, 2.24) is 9.55 Å². The SMILES string of the molecule is Cn1c(CC(N)CO)nc2ccccc21. The van der Waals surface area contributed by atoms with E-state index in [0.717, 1.165) is 16.9 Å². The normalized spacial score (nSPS) is 13.3. The maximum Gasteiger partial charge on any atom is 0.111 e. The molecule has 15 heavy (non-hydrogen) atoms. The summed E-state index contributed by atoms with van der Waals surface area (Å²) in [6, 6.07) is 7.71. The quantitative estimate of drug-likeness (QED) is 0.764. The summed E-state index contributed by atoms with van der Waals surface area (Å²) in [6.45, 7) is -0.0107. The van der Waals surface area contributed by atoms with Crippen LogP contribution in [0.4, 0.5) is 0 Å². The summed E-state index contributed by atoms with van der Waals surface area (Å²) in [6.07, 6.45) is 0.599. The number of benzene rings is 1. The number of aliphatic hydroxyl groups is 1. The van der Waals surface area contributed by atoms with Crippen molar-refractivity contribution >= 4 is 11.0 Å². The number of nitrogens with two attached hydrogens (primary N) is 1. The second kappa shape index (κ2) is 4.00. The Morgan fingerprint density at radius 2 is 2.20 bits per heavy atom. The minimum atomic E-state index is -0.236. The van der Waals surface area contributed by atoms with Gasteiger partial charge in [-0.25, -0.2) is 4.98 Å². The summed E-state index contributed by atoms with van der Waals surface area (Å²) < 4.78 is 2.02. The molecule has 4 heteroatoms. The molecule has 0 fully saturated rings. The van der Waals surface area contributed by atoms with Gasteiger partial charge in [-0.3, -0.25) is 0 Å². The zero-order valence-corrected chi connectivity index (χ0v) is 8.72. The zero-order valence-electron chi connectivity index (χ0n) is 8.72. The molecule has 1 atom stereocenters. The van der Waals surface area contributed by atoms with Crippen molar-refractivity contribution in [3.8, 4) is 0 Å². The summed E-state index contributed by atoms with van der Waals surface area (Å²) in [4.78, 5) is 4.47. The van der Waals surface area contributed by atoms with E-state index in [-0.39, 0.29) is 12.6 Å². The first-order chi connectivity index (χ1) is 7.22. The number of hydrogen-bond donors (Lipinski definition) is 2. The number of aliphatic hydroxyl groups excluding tert-OH is 1. The predicted octanol–water partition coefficient (Wildman–Crippen LogP) is 0.435. The molecule has 0 radical (unpaired) electrons. The number of rotatable bonds is 3. The van der Waals surface area contributed by atoms with Crippen LogP contribution >= 0.6 is 0 Å². The van der Waals surface area contributed by atoms with Crippen molar-refractivity contribution in [2.75, 3.05) is 6.61 Å². The van der Waals surface area contributed by atoms with Crippen LogP contribution in [0.3, 0.4) is 0 Å². The van der Waals surface area contributed by atoms with Gasteiger partial charge in [0.1, 0.15) is 5.82 Å².